The summed E-state index contributed by atoms with van der Waals surface area (Å²) in [6.07, 6.45) is 11.2. The Labute approximate surface area is 162 Å². The summed E-state index contributed by atoms with van der Waals surface area (Å²) >= 11 is 1.45. The number of rotatable bonds is 4. The van der Waals surface area contributed by atoms with Crippen molar-refractivity contribution in [3.63, 3.8) is 0 Å². The third-order valence-corrected chi connectivity index (χ3v) is 6.46. The average molecular weight is 388 g/mol. The molecule has 144 valence electrons. The number of hydrogen-bond acceptors (Lipinski definition) is 6. The van der Waals surface area contributed by atoms with Crippen LogP contribution in [0.25, 0.3) is 0 Å². The maximum absolute atomic E-state index is 12.4. The van der Waals surface area contributed by atoms with Crippen LogP contribution in [0.5, 0.6) is 0 Å². The van der Waals surface area contributed by atoms with Crippen molar-refractivity contribution in [1.29, 1.82) is 0 Å². The minimum atomic E-state index is -0.287. The summed E-state index contributed by atoms with van der Waals surface area (Å²) in [5.74, 6) is 0.181. The molecule has 0 radical (unpaired) electrons. The fourth-order valence-electron chi connectivity index (χ4n) is 3.99. The number of carbonyl (C=O) groups excluding carboxylic acids is 1. The monoisotopic (exact) mass is 387 g/mol. The number of anilines is 1. The van der Waals surface area contributed by atoms with E-state index in [1.165, 1.54) is 35.3 Å². The van der Waals surface area contributed by atoms with Gasteiger partial charge in [0.2, 0.25) is 11.0 Å². The lowest BCUT2D eigenvalue weighted by Gasteiger charge is -2.18. The molecule has 0 aromatic carbocycles. The molecule has 8 heteroatoms. The molecule has 4 rings (SSSR count). The van der Waals surface area contributed by atoms with Gasteiger partial charge in [-0.3, -0.25) is 14.9 Å². The number of hydrogen-bond donors (Lipinski definition) is 1. The molecule has 7 nitrogen and oxygen atoms in total. The van der Waals surface area contributed by atoms with E-state index in [0.717, 1.165) is 61.2 Å². The Bertz CT molecular complexity index is 869. The molecule has 2 aliphatic rings. The zero-order valence-corrected chi connectivity index (χ0v) is 16.3. The van der Waals surface area contributed by atoms with Gasteiger partial charge in [-0.2, -0.15) is 5.10 Å². The fourth-order valence-corrected chi connectivity index (χ4v) is 4.91. The van der Waals surface area contributed by atoms with Crippen LogP contribution >= 0.6 is 11.3 Å². The summed E-state index contributed by atoms with van der Waals surface area (Å²) in [5.41, 5.74) is 1.77. The molecule has 2 aliphatic carbocycles. The van der Waals surface area contributed by atoms with Crippen LogP contribution < -0.4 is 10.9 Å². The highest BCUT2D eigenvalue weighted by Gasteiger charge is 2.20. The van der Waals surface area contributed by atoms with Gasteiger partial charge < -0.3 is 0 Å². The van der Waals surface area contributed by atoms with Crippen molar-refractivity contribution < 1.29 is 4.79 Å². The SMILES string of the molecule is O=C(Cn1nc2c(cc1=O)CCCCC2)Nc1nnc(C2CCCCC2)s1. The first kappa shape index (κ1) is 18.3. The van der Waals surface area contributed by atoms with Crippen LogP contribution in [0.2, 0.25) is 0 Å². The van der Waals surface area contributed by atoms with Crippen molar-refractivity contribution in [2.45, 2.75) is 76.7 Å². The second-order valence-electron chi connectivity index (χ2n) is 7.50. The normalized spacial score (nSPS) is 17.9. The summed E-state index contributed by atoms with van der Waals surface area (Å²) in [6, 6.07) is 1.65. The minimum absolute atomic E-state index is 0.0928. The van der Waals surface area contributed by atoms with Gasteiger partial charge in [-0.25, -0.2) is 4.68 Å². The molecule has 2 aromatic heterocycles. The molecule has 0 spiro atoms. The molecule has 0 saturated heterocycles. The summed E-state index contributed by atoms with van der Waals surface area (Å²) in [6.45, 7) is -0.0928. The Kier molecular flexibility index (Phi) is 5.61. The number of amides is 1. The van der Waals surface area contributed by atoms with E-state index in [0.29, 0.717) is 11.0 Å². The van der Waals surface area contributed by atoms with Gasteiger partial charge in [0, 0.05) is 12.0 Å². The lowest BCUT2D eigenvalue weighted by molar-refractivity contribution is -0.117. The largest absolute Gasteiger partial charge is 0.299 e. The van der Waals surface area contributed by atoms with Gasteiger partial charge in [-0.05, 0) is 44.1 Å². The summed E-state index contributed by atoms with van der Waals surface area (Å²) in [4.78, 5) is 24.7. The maximum Gasteiger partial charge on any atom is 0.267 e. The highest BCUT2D eigenvalue weighted by molar-refractivity contribution is 7.15. The zero-order valence-electron chi connectivity index (χ0n) is 15.4. The molecular weight excluding hydrogens is 362 g/mol. The fraction of sp³-hybridized carbons (Fsp3) is 0.632. The predicted molar refractivity (Wildman–Crippen MR) is 104 cm³/mol. The van der Waals surface area contributed by atoms with Crippen LogP contribution in [0.4, 0.5) is 5.13 Å². The number of fused-ring (bicyclic) bond motifs is 1. The Morgan fingerprint density at radius 2 is 1.89 bits per heavy atom. The van der Waals surface area contributed by atoms with E-state index in [1.807, 2.05) is 0 Å². The molecular formula is C19H25N5O2S. The van der Waals surface area contributed by atoms with Gasteiger partial charge in [0.1, 0.15) is 11.6 Å². The van der Waals surface area contributed by atoms with Gasteiger partial charge in [0.25, 0.3) is 5.56 Å². The summed E-state index contributed by atoms with van der Waals surface area (Å²) in [7, 11) is 0. The molecule has 1 amide bonds. The highest BCUT2D eigenvalue weighted by Crippen LogP contribution is 2.35. The Balaban J connectivity index is 1.41. The zero-order chi connectivity index (χ0) is 18.6. The second-order valence-corrected chi connectivity index (χ2v) is 8.51. The molecule has 0 bridgehead atoms. The first-order chi connectivity index (χ1) is 13.2. The van der Waals surface area contributed by atoms with Gasteiger partial charge >= 0.3 is 0 Å². The van der Waals surface area contributed by atoms with Gasteiger partial charge in [-0.1, -0.05) is 37.0 Å². The molecule has 1 saturated carbocycles. The molecule has 1 N–H and O–H groups in total. The van der Waals surface area contributed by atoms with E-state index in [1.54, 1.807) is 6.07 Å². The smallest absolute Gasteiger partial charge is 0.267 e. The van der Waals surface area contributed by atoms with Crippen molar-refractivity contribution in [3.8, 4) is 0 Å². The van der Waals surface area contributed by atoms with Gasteiger partial charge in [-0.15, -0.1) is 10.2 Å². The third kappa shape index (κ3) is 4.43. The lowest BCUT2D eigenvalue weighted by Crippen LogP contribution is -2.30. The van der Waals surface area contributed by atoms with Crippen LogP contribution in [0.1, 0.15) is 73.5 Å². The quantitative estimate of drug-likeness (QED) is 0.815. The van der Waals surface area contributed by atoms with Crippen LogP contribution in [-0.4, -0.2) is 25.9 Å². The number of nitrogens with one attached hydrogen (secondary N) is 1. The number of aromatic nitrogens is 4. The van der Waals surface area contributed by atoms with Crippen LogP contribution in [0.3, 0.4) is 0 Å². The number of nitrogens with zero attached hydrogens (tertiary/aromatic N) is 4. The Morgan fingerprint density at radius 3 is 2.74 bits per heavy atom. The van der Waals surface area contributed by atoms with Gasteiger partial charge in [0.05, 0.1) is 5.69 Å². The molecule has 2 aromatic rings. The summed E-state index contributed by atoms with van der Waals surface area (Å²) in [5, 5.41) is 17.1. The van der Waals surface area contributed by atoms with Crippen molar-refractivity contribution in [2.75, 3.05) is 5.32 Å². The molecule has 1 fully saturated rings. The summed E-state index contributed by atoms with van der Waals surface area (Å²) < 4.78 is 1.27. The van der Waals surface area contributed by atoms with E-state index in [9.17, 15) is 9.59 Å². The number of aryl methyl sites for hydroxylation is 2. The lowest BCUT2D eigenvalue weighted by atomic mass is 9.90. The molecule has 0 unspecified atom stereocenters. The van der Waals surface area contributed by atoms with E-state index in [2.05, 4.69) is 20.6 Å². The topological polar surface area (TPSA) is 89.8 Å². The van der Waals surface area contributed by atoms with Crippen molar-refractivity contribution in [3.05, 3.63) is 32.7 Å². The van der Waals surface area contributed by atoms with E-state index in [4.69, 9.17) is 0 Å². The molecule has 2 heterocycles. The van der Waals surface area contributed by atoms with Crippen molar-refractivity contribution in [2.24, 2.45) is 0 Å². The number of carbonyl (C=O) groups is 1. The standard InChI is InChI=1S/C19H25N5O2S/c25-16(20-19-22-21-18(27-19)13-7-3-1-4-8-13)12-24-17(26)11-14-9-5-2-6-10-15(14)23-24/h11,13H,1-10,12H2,(H,20,22,25). The van der Waals surface area contributed by atoms with E-state index in [-0.39, 0.29) is 18.0 Å². The Hall–Kier alpha value is -2.09. The average Bonchev–Trinajstić information content (AvgIpc) is 3.01. The molecule has 27 heavy (non-hydrogen) atoms. The molecule has 0 aliphatic heterocycles. The van der Waals surface area contributed by atoms with Gasteiger partial charge in [0.15, 0.2) is 0 Å². The highest BCUT2D eigenvalue weighted by atomic mass is 32.1. The van der Waals surface area contributed by atoms with Crippen LogP contribution in [0, 0.1) is 0 Å². The van der Waals surface area contributed by atoms with E-state index < -0.39 is 0 Å². The van der Waals surface area contributed by atoms with Crippen molar-refractivity contribution in [1.82, 2.24) is 20.0 Å². The first-order valence-electron chi connectivity index (χ1n) is 9.92. The third-order valence-electron chi connectivity index (χ3n) is 5.46. The predicted octanol–water partition coefficient (Wildman–Crippen LogP) is 3.05. The Morgan fingerprint density at radius 1 is 1.11 bits per heavy atom. The van der Waals surface area contributed by atoms with Crippen molar-refractivity contribution >= 4 is 22.4 Å². The molecule has 0 atom stereocenters. The van der Waals surface area contributed by atoms with Crippen LogP contribution in [0.15, 0.2) is 10.9 Å². The first-order valence-corrected chi connectivity index (χ1v) is 10.7. The van der Waals surface area contributed by atoms with E-state index >= 15 is 0 Å². The maximum atomic E-state index is 12.4. The second kappa shape index (κ2) is 8.29. The minimum Gasteiger partial charge on any atom is -0.299 e. The van der Waals surface area contributed by atoms with Crippen LogP contribution in [-0.2, 0) is 24.2 Å².